The zero-order valence-corrected chi connectivity index (χ0v) is 17.1. The molecule has 0 aromatic carbocycles. The van der Waals surface area contributed by atoms with Crippen molar-refractivity contribution in [1.82, 2.24) is 9.88 Å². The Morgan fingerprint density at radius 1 is 1.10 bits per heavy atom. The van der Waals surface area contributed by atoms with Crippen molar-refractivity contribution in [2.45, 2.75) is 63.5 Å². The first-order valence-corrected chi connectivity index (χ1v) is 10.7. The molecule has 1 atom stereocenters. The number of hydrogen-bond acceptors (Lipinski definition) is 5. The molecule has 1 aliphatic carbocycles. The van der Waals surface area contributed by atoms with Gasteiger partial charge in [-0.3, -0.25) is 19.4 Å². The Morgan fingerprint density at radius 2 is 1.93 bits per heavy atom. The number of carbonyl (C=O) groups is 2. The molecule has 7 nitrogen and oxygen atoms in total. The summed E-state index contributed by atoms with van der Waals surface area (Å²) in [4.78, 5) is 33.8. The number of methoxy groups -OCH3 is 1. The quantitative estimate of drug-likeness (QED) is 0.625. The third-order valence-electron chi connectivity index (χ3n) is 6.20. The highest BCUT2D eigenvalue weighted by molar-refractivity contribution is 6.14. The number of aromatic nitrogens is 1. The van der Waals surface area contributed by atoms with Gasteiger partial charge in [0.25, 0.3) is 0 Å². The second kappa shape index (κ2) is 8.95. The second-order valence-electron chi connectivity index (χ2n) is 8.11. The summed E-state index contributed by atoms with van der Waals surface area (Å²) >= 11 is 0. The van der Waals surface area contributed by atoms with Gasteiger partial charge in [0.15, 0.2) is 5.82 Å². The zero-order valence-electron chi connectivity index (χ0n) is 17.1. The number of ether oxygens (including phenoxy) is 1. The summed E-state index contributed by atoms with van der Waals surface area (Å²) in [5.74, 6) is 0.466. The second-order valence-corrected chi connectivity index (χ2v) is 8.11. The highest BCUT2D eigenvalue weighted by atomic mass is 16.5. The van der Waals surface area contributed by atoms with E-state index >= 15 is 0 Å². The average molecular weight is 399 g/mol. The van der Waals surface area contributed by atoms with Crippen molar-refractivity contribution in [2.24, 2.45) is 0 Å². The topological polar surface area (TPSA) is 74.8 Å². The molecular weight excluding hydrogens is 368 g/mol. The van der Waals surface area contributed by atoms with Gasteiger partial charge >= 0.3 is 0 Å². The fraction of sp³-hybridized carbons (Fsp3) is 0.591. The van der Waals surface area contributed by atoms with E-state index in [2.05, 4.69) is 27.4 Å². The van der Waals surface area contributed by atoms with E-state index in [1.54, 1.807) is 24.1 Å². The van der Waals surface area contributed by atoms with Crippen molar-refractivity contribution >= 4 is 23.3 Å². The van der Waals surface area contributed by atoms with Gasteiger partial charge in [-0.2, -0.15) is 4.98 Å². The lowest BCUT2D eigenvalue weighted by Crippen LogP contribution is -2.50. The number of likely N-dealkylation sites (tertiary alicyclic amines) is 1. The zero-order chi connectivity index (χ0) is 20.2. The Kier molecular flexibility index (Phi) is 6.13. The molecule has 3 heterocycles. The first-order chi connectivity index (χ1) is 14.2. The summed E-state index contributed by atoms with van der Waals surface area (Å²) in [5.41, 5.74) is 0.576. The normalized spacial score (nSPS) is 24.3. The van der Waals surface area contributed by atoms with Crippen LogP contribution in [0.25, 0.3) is 0 Å². The summed E-state index contributed by atoms with van der Waals surface area (Å²) in [6.45, 7) is 1.90. The maximum atomic E-state index is 12.9. The molecule has 156 valence electrons. The molecule has 7 heteroatoms. The third-order valence-corrected chi connectivity index (χ3v) is 6.20. The summed E-state index contributed by atoms with van der Waals surface area (Å²) < 4.78 is 5.26. The van der Waals surface area contributed by atoms with Crippen LogP contribution in [0.3, 0.4) is 0 Å². The summed E-state index contributed by atoms with van der Waals surface area (Å²) in [5, 5.41) is 2.81. The van der Waals surface area contributed by atoms with Crippen LogP contribution in [0.5, 0.6) is 5.88 Å². The molecule has 0 radical (unpaired) electrons. The predicted molar refractivity (Wildman–Crippen MR) is 112 cm³/mol. The summed E-state index contributed by atoms with van der Waals surface area (Å²) in [6, 6.07) is 4.02. The molecule has 29 heavy (non-hydrogen) atoms. The summed E-state index contributed by atoms with van der Waals surface area (Å²) in [7, 11) is 1.55. The van der Waals surface area contributed by atoms with E-state index in [0.717, 1.165) is 25.9 Å². The minimum atomic E-state index is -0.289. The van der Waals surface area contributed by atoms with Crippen LogP contribution in [0.1, 0.15) is 51.4 Å². The van der Waals surface area contributed by atoms with Crippen LogP contribution in [0.15, 0.2) is 24.3 Å². The smallest absolute Gasteiger partial charge is 0.237 e. The molecule has 0 saturated carbocycles. The van der Waals surface area contributed by atoms with Crippen LogP contribution in [-0.4, -0.2) is 54.0 Å². The van der Waals surface area contributed by atoms with Gasteiger partial charge < -0.3 is 10.1 Å². The van der Waals surface area contributed by atoms with Crippen molar-refractivity contribution in [1.29, 1.82) is 0 Å². The highest BCUT2D eigenvalue weighted by Crippen LogP contribution is 2.34. The number of nitrogens with one attached hydrogen (secondary N) is 1. The Hall–Kier alpha value is -2.41. The molecule has 4 rings (SSSR count). The molecular formula is C22H30N4O3. The van der Waals surface area contributed by atoms with E-state index in [9.17, 15) is 9.59 Å². The molecule has 1 aromatic heterocycles. The molecule has 0 bridgehead atoms. The molecule has 1 N–H and O–H groups in total. The van der Waals surface area contributed by atoms with Crippen LogP contribution in [0.4, 0.5) is 11.5 Å². The lowest BCUT2D eigenvalue weighted by atomic mass is 9.96. The predicted octanol–water partition coefficient (Wildman–Crippen LogP) is 3.12. The lowest BCUT2D eigenvalue weighted by molar-refractivity contribution is -0.125. The van der Waals surface area contributed by atoms with E-state index in [4.69, 9.17) is 4.74 Å². The van der Waals surface area contributed by atoms with Crippen LogP contribution in [-0.2, 0) is 9.59 Å². The fourth-order valence-electron chi connectivity index (χ4n) is 4.66. The Balaban J connectivity index is 1.52. The molecule has 2 amide bonds. The lowest BCUT2D eigenvalue weighted by Gasteiger charge is -2.40. The van der Waals surface area contributed by atoms with Crippen molar-refractivity contribution < 1.29 is 14.3 Å². The van der Waals surface area contributed by atoms with E-state index in [1.165, 1.54) is 32.1 Å². The standard InChI is InChI=1S/C22H30N4O3/c1-29-20-10-9-18-22(24-20)26(21(28)15-19(27)23-18)17-11-13-25(14-12-17)16-7-5-3-2-4-6-8-16/h5,7,9-10,16-17H,2-4,6,8,11-15H2,1H3,(H,23,27). The van der Waals surface area contributed by atoms with E-state index in [0.29, 0.717) is 23.4 Å². The van der Waals surface area contributed by atoms with Crippen LogP contribution >= 0.6 is 0 Å². The Labute approximate surface area is 172 Å². The minimum Gasteiger partial charge on any atom is -0.481 e. The van der Waals surface area contributed by atoms with Crippen molar-refractivity contribution in [3.63, 3.8) is 0 Å². The fourth-order valence-corrected chi connectivity index (χ4v) is 4.66. The average Bonchev–Trinajstić information content (AvgIpc) is 2.82. The van der Waals surface area contributed by atoms with E-state index in [1.807, 2.05) is 0 Å². The van der Waals surface area contributed by atoms with Gasteiger partial charge in [0.1, 0.15) is 6.42 Å². The molecule has 1 aromatic rings. The van der Waals surface area contributed by atoms with Gasteiger partial charge in [0.2, 0.25) is 17.7 Å². The van der Waals surface area contributed by atoms with Gasteiger partial charge in [-0.15, -0.1) is 0 Å². The number of fused-ring (bicyclic) bond motifs is 1. The van der Waals surface area contributed by atoms with Crippen LogP contribution < -0.4 is 15.0 Å². The first kappa shape index (κ1) is 19.9. The van der Waals surface area contributed by atoms with E-state index in [-0.39, 0.29) is 24.3 Å². The Morgan fingerprint density at radius 3 is 2.72 bits per heavy atom. The molecule has 3 aliphatic rings. The third kappa shape index (κ3) is 4.45. The number of nitrogens with zero attached hydrogens (tertiary/aromatic N) is 3. The molecule has 0 spiro atoms. The highest BCUT2D eigenvalue weighted by Gasteiger charge is 2.35. The maximum absolute atomic E-state index is 12.9. The van der Waals surface area contributed by atoms with Gasteiger partial charge in [-0.25, -0.2) is 0 Å². The number of piperidine rings is 1. The van der Waals surface area contributed by atoms with Gasteiger partial charge in [-0.05, 0) is 38.2 Å². The maximum Gasteiger partial charge on any atom is 0.237 e. The molecule has 1 saturated heterocycles. The van der Waals surface area contributed by atoms with Crippen LogP contribution in [0, 0.1) is 0 Å². The first-order valence-electron chi connectivity index (χ1n) is 10.7. The Bertz CT molecular complexity index is 786. The minimum absolute atomic E-state index is 0.0438. The molecule has 2 aliphatic heterocycles. The van der Waals surface area contributed by atoms with Crippen molar-refractivity contribution in [2.75, 3.05) is 30.4 Å². The number of pyridine rings is 1. The SMILES string of the molecule is COc1ccc2c(n1)N(C1CCN(C3C=CCCCCC3)CC1)C(=O)CC(=O)N2. The largest absolute Gasteiger partial charge is 0.481 e. The monoisotopic (exact) mass is 398 g/mol. The van der Waals surface area contributed by atoms with Crippen molar-refractivity contribution in [3.05, 3.63) is 24.3 Å². The number of allylic oxidation sites excluding steroid dienone is 1. The van der Waals surface area contributed by atoms with Gasteiger partial charge in [0.05, 0.1) is 12.8 Å². The van der Waals surface area contributed by atoms with Crippen molar-refractivity contribution in [3.8, 4) is 5.88 Å². The van der Waals surface area contributed by atoms with Crippen LogP contribution in [0.2, 0.25) is 0 Å². The number of carbonyl (C=O) groups excluding carboxylic acids is 2. The number of anilines is 2. The van der Waals surface area contributed by atoms with E-state index < -0.39 is 0 Å². The number of hydrogen-bond donors (Lipinski definition) is 1. The van der Waals surface area contributed by atoms with Gasteiger partial charge in [-0.1, -0.05) is 25.0 Å². The summed E-state index contributed by atoms with van der Waals surface area (Å²) in [6.07, 6.45) is 12.6. The molecule has 1 fully saturated rings. The number of rotatable bonds is 3. The van der Waals surface area contributed by atoms with Gasteiger partial charge in [0, 0.05) is 31.2 Å². The molecule has 1 unspecified atom stereocenters. The number of amides is 2.